The summed E-state index contributed by atoms with van der Waals surface area (Å²) >= 11 is 0. The highest BCUT2D eigenvalue weighted by Gasteiger charge is 2.57. The minimum absolute atomic E-state index is 0.00265. The molecule has 0 nitrogen and oxygen atoms in total. The molecule has 0 radical (unpaired) electrons. The fourth-order valence-electron chi connectivity index (χ4n) is 4.80. The van der Waals surface area contributed by atoms with Crippen LogP contribution in [0.25, 0.3) is 0 Å². The molecule has 3 aliphatic rings. The van der Waals surface area contributed by atoms with Crippen LogP contribution in [-0.4, -0.2) is 11.8 Å². The SMILES string of the molecule is FC1(F)CCC(C2CCCC3(C2)CC(F)(F)C3)CC1. The zero-order valence-electron chi connectivity index (χ0n) is 11.2. The van der Waals surface area contributed by atoms with Crippen molar-refractivity contribution in [2.24, 2.45) is 17.3 Å². The number of hydrogen-bond acceptors (Lipinski definition) is 0. The van der Waals surface area contributed by atoms with Gasteiger partial charge in [-0.15, -0.1) is 0 Å². The van der Waals surface area contributed by atoms with Crippen LogP contribution < -0.4 is 0 Å². The molecule has 0 aromatic heterocycles. The molecule has 3 saturated carbocycles. The largest absolute Gasteiger partial charge is 0.249 e. The second-order valence-corrected chi connectivity index (χ2v) is 7.26. The second-order valence-electron chi connectivity index (χ2n) is 7.26. The van der Waals surface area contributed by atoms with Crippen molar-refractivity contribution >= 4 is 0 Å². The van der Waals surface area contributed by atoms with Crippen LogP contribution in [0.5, 0.6) is 0 Å². The maximum absolute atomic E-state index is 13.2. The van der Waals surface area contributed by atoms with Gasteiger partial charge in [0, 0.05) is 25.7 Å². The molecule has 1 spiro atoms. The first-order valence-corrected chi connectivity index (χ1v) is 7.55. The molecule has 3 rings (SSSR count). The molecular formula is C15H22F4. The predicted octanol–water partition coefficient (Wildman–Crippen LogP) is 5.42. The van der Waals surface area contributed by atoms with Crippen molar-refractivity contribution < 1.29 is 17.6 Å². The molecule has 0 heterocycles. The summed E-state index contributed by atoms with van der Waals surface area (Å²) in [5, 5.41) is 0. The Kier molecular flexibility index (Phi) is 3.14. The lowest BCUT2D eigenvalue weighted by Gasteiger charge is -2.53. The quantitative estimate of drug-likeness (QED) is 0.562. The average Bonchev–Trinajstić information content (AvgIpc) is 2.26. The molecule has 0 N–H and O–H groups in total. The Morgan fingerprint density at radius 3 is 1.89 bits per heavy atom. The number of rotatable bonds is 1. The van der Waals surface area contributed by atoms with Crippen molar-refractivity contribution in [3.05, 3.63) is 0 Å². The Hall–Kier alpha value is -0.280. The third-order valence-corrected chi connectivity index (χ3v) is 5.67. The summed E-state index contributed by atoms with van der Waals surface area (Å²) in [5.74, 6) is -4.17. The van der Waals surface area contributed by atoms with E-state index in [1.54, 1.807) is 0 Å². The molecule has 0 amide bonds. The fraction of sp³-hybridized carbons (Fsp3) is 1.00. The van der Waals surface area contributed by atoms with Crippen molar-refractivity contribution in [2.45, 2.75) is 76.1 Å². The van der Waals surface area contributed by atoms with Gasteiger partial charge < -0.3 is 0 Å². The first-order valence-electron chi connectivity index (χ1n) is 7.55. The van der Waals surface area contributed by atoms with E-state index >= 15 is 0 Å². The van der Waals surface area contributed by atoms with Gasteiger partial charge in [-0.05, 0) is 42.9 Å². The average molecular weight is 278 g/mol. The van der Waals surface area contributed by atoms with E-state index in [0.29, 0.717) is 24.7 Å². The lowest BCUT2D eigenvalue weighted by molar-refractivity contribution is -0.182. The lowest BCUT2D eigenvalue weighted by atomic mass is 9.54. The normalized spacial score (nSPS) is 36.9. The van der Waals surface area contributed by atoms with Crippen molar-refractivity contribution in [3.63, 3.8) is 0 Å². The van der Waals surface area contributed by atoms with Crippen molar-refractivity contribution in [2.75, 3.05) is 0 Å². The molecule has 19 heavy (non-hydrogen) atoms. The number of halogens is 4. The van der Waals surface area contributed by atoms with Crippen molar-refractivity contribution in [3.8, 4) is 0 Å². The molecule has 0 aromatic carbocycles. The highest BCUT2D eigenvalue weighted by Crippen LogP contribution is 2.61. The molecule has 3 fully saturated rings. The topological polar surface area (TPSA) is 0 Å². The van der Waals surface area contributed by atoms with E-state index in [-0.39, 0.29) is 31.1 Å². The predicted molar refractivity (Wildman–Crippen MR) is 65.5 cm³/mol. The maximum atomic E-state index is 13.2. The Labute approximate surface area is 111 Å². The van der Waals surface area contributed by atoms with Crippen LogP contribution in [0.15, 0.2) is 0 Å². The van der Waals surface area contributed by atoms with E-state index in [1.165, 1.54) is 0 Å². The van der Waals surface area contributed by atoms with Crippen LogP contribution in [0.1, 0.15) is 64.2 Å². The van der Waals surface area contributed by atoms with Gasteiger partial charge in [0.1, 0.15) is 0 Å². The van der Waals surface area contributed by atoms with Crippen LogP contribution in [0.3, 0.4) is 0 Å². The Bertz CT molecular complexity index is 332. The maximum Gasteiger partial charge on any atom is 0.249 e. The van der Waals surface area contributed by atoms with Gasteiger partial charge in [0.25, 0.3) is 0 Å². The van der Waals surface area contributed by atoms with Crippen LogP contribution in [-0.2, 0) is 0 Å². The van der Waals surface area contributed by atoms with Gasteiger partial charge in [0.2, 0.25) is 11.8 Å². The van der Waals surface area contributed by atoms with E-state index in [2.05, 4.69) is 0 Å². The van der Waals surface area contributed by atoms with Crippen LogP contribution in [0.4, 0.5) is 17.6 Å². The van der Waals surface area contributed by atoms with E-state index in [4.69, 9.17) is 0 Å². The summed E-state index contributed by atoms with van der Waals surface area (Å²) in [6.45, 7) is 0. The molecule has 0 saturated heterocycles. The Morgan fingerprint density at radius 2 is 1.32 bits per heavy atom. The molecule has 0 aliphatic heterocycles. The first kappa shape index (κ1) is 13.7. The van der Waals surface area contributed by atoms with Gasteiger partial charge in [-0.2, -0.15) is 0 Å². The third kappa shape index (κ3) is 2.78. The van der Waals surface area contributed by atoms with E-state index in [0.717, 1.165) is 25.7 Å². The summed E-state index contributed by atoms with van der Waals surface area (Å²) in [7, 11) is 0. The lowest BCUT2D eigenvalue weighted by Crippen LogP contribution is -2.49. The minimum atomic E-state index is -2.48. The van der Waals surface area contributed by atoms with Gasteiger partial charge >= 0.3 is 0 Å². The molecule has 0 aromatic rings. The highest BCUT2D eigenvalue weighted by molar-refractivity contribution is 5.02. The second kappa shape index (κ2) is 4.36. The smallest absolute Gasteiger partial charge is 0.207 e. The van der Waals surface area contributed by atoms with Crippen LogP contribution >= 0.6 is 0 Å². The van der Waals surface area contributed by atoms with Crippen LogP contribution in [0.2, 0.25) is 0 Å². The molecule has 4 heteroatoms. The summed E-state index contributed by atoms with van der Waals surface area (Å²) in [5.41, 5.74) is -0.146. The summed E-state index contributed by atoms with van der Waals surface area (Å²) < 4.78 is 52.6. The van der Waals surface area contributed by atoms with E-state index < -0.39 is 11.8 Å². The Morgan fingerprint density at radius 1 is 0.684 bits per heavy atom. The van der Waals surface area contributed by atoms with Gasteiger partial charge in [-0.3, -0.25) is 0 Å². The number of alkyl halides is 4. The van der Waals surface area contributed by atoms with E-state index in [9.17, 15) is 17.6 Å². The fourth-order valence-corrected chi connectivity index (χ4v) is 4.80. The molecule has 1 atom stereocenters. The van der Waals surface area contributed by atoms with Crippen molar-refractivity contribution in [1.29, 1.82) is 0 Å². The molecule has 0 bridgehead atoms. The summed E-state index contributed by atoms with van der Waals surface area (Å²) in [4.78, 5) is 0. The molecule has 110 valence electrons. The van der Waals surface area contributed by atoms with Crippen molar-refractivity contribution in [1.82, 2.24) is 0 Å². The number of hydrogen-bond donors (Lipinski definition) is 0. The molecule has 1 unspecified atom stereocenters. The van der Waals surface area contributed by atoms with Gasteiger partial charge in [0.15, 0.2) is 0 Å². The molecular weight excluding hydrogens is 256 g/mol. The van der Waals surface area contributed by atoms with Gasteiger partial charge in [-0.1, -0.05) is 12.8 Å². The highest BCUT2D eigenvalue weighted by atomic mass is 19.3. The first-order chi connectivity index (χ1) is 8.79. The summed E-state index contributed by atoms with van der Waals surface area (Å²) in [6, 6.07) is 0. The zero-order valence-corrected chi connectivity index (χ0v) is 11.2. The summed E-state index contributed by atoms with van der Waals surface area (Å²) in [6.07, 6.45) is 5.10. The Balaban J connectivity index is 1.58. The third-order valence-electron chi connectivity index (χ3n) is 5.67. The monoisotopic (exact) mass is 278 g/mol. The van der Waals surface area contributed by atoms with Gasteiger partial charge in [-0.25, -0.2) is 17.6 Å². The minimum Gasteiger partial charge on any atom is -0.207 e. The van der Waals surface area contributed by atoms with Gasteiger partial charge in [0.05, 0.1) is 0 Å². The van der Waals surface area contributed by atoms with E-state index in [1.807, 2.05) is 0 Å². The zero-order chi connectivity index (χ0) is 13.7. The van der Waals surface area contributed by atoms with Crippen LogP contribution in [0, 0.1) is 17.3 Å². The molecule has 3 aliphatic carbocycles. The standard InChI is InChI=1S/C15H22F4/c16-14(17)6-3-11(4-7-14)12-2-1-5-13(8-12)9-15(18,19)10-13/h11-12H,1-10H2.